The highest BCUT2D eigenvalue weighted by atomic mass is 16.5. The zero-order valence-electron chi connectivity index (χ0n) is 15.3. The van der Waals surface area contributed by atoms with E-state index >= 15 is 0 Å². The number of hydrogen-bond acceptors (Lipinski definition) is 3. The highest BCUT2D eigenvalue weighted by Gasteiger charge is 2.09. The SMILES string of the molecule is COc1ccc(CCNC(=O)Nc2ccccc2C(C)C)cc1OC. The van der Waals surface area contributed by atoms with Crippen LogP contribution >= 0.6 is 0 Å². The Bertz CT molecular complexity index is 714. The fourth-order valence-corrected chi connectivity index (χ4v) is 2.64. The van der Waals surface area contributed by atoms with Crippen LogP contribution in [0, 0.1) is 0 Å². The lowest BCUT2D eigenvalue weighted by Gasteiger charge is -2.14. The van der Waals surface area contributed by atoms with Crippen LogP contribution in [0.25, 0.3) is 0 Å². The van der Waals surface area contributed by atoms with Gasteiger partial charge < -0.3 is 20.1 Å². The largest absolute Gasteiger partial charge is 0.493 e. The van der Waals surface area contributed by atoms with Crippen molar-refractivity contribution in [1.29, 1.82) is 0 Å². The molecule has 0 aliphatic heterocycles. The lowest BCUT2D eigenvalue weighted by Crippen LogP contribution is -2.30. The molecule has 25 heavy (non-hydrogen) atoms. The maximum atomic E-state index is 12.1. The maximum Gasteiger partial charge on any atom is 0.319 e. The third-order valence-corrected chi connectivity index (χ3v) is 3.98. The van der Waals surface area contributed by atoms with Gasteiger partial charge in [0.2, 0.25) is 0 Å². The molecule has 5 heteroatoms. The Kier molecular flexibility index (Phi) is 6.69. The zero-order valence-corrected chi connectivity index (χ0v) is 15.3. The molecule has 5 nitrogen and oxygen atoms in total. The number of carbonyl (C=O) groups excluding carboxylic acids is 1. The average molecular weight is 342 g/mol. The Labute approximate surface area is 149 Å². The molecule has 0 radical (unpaired) electrons. The summed E-state index contributed by atoms with van der Waals surface area (Å²) in [6, 6.07) is 13.4. The van der Waals surface area contributed by atoms with Crippen LogP contribution in [0.2, 0.25) is 0 Å². The quantitative estimate of drug-likeness (QED) is 0.793. The molecule has 2 aromatic carbocycles. The molecule has 0 aliphatic carbocycles. The number of hydrogen-bond donors (Lipinski definition) is 2. The minimum Gasteiger partial charge on any atom is -0.493 e. The first-order valence-corrected chi connectivity index (χ1v) is 8.39. The van der Waals surface area contributed by atoms with Gasteiger partial charge in [0.1, 0.15) is 0 Å². The van der Waals surface area contributed by atoms with Gasteiger partial charge in [-0.2, -0.15) is 0 Å². The van der Waals surface area contributed by atoms with E-state index in [0.29, 0.717) is 30.4 Å². The molecule has 2 amide bonds. The summed E-state index contributed by atoms with van der Waals surface area (Å²) in [5, 5.41) is 5.81. The van der Waals surface area contributed by atoms with E-state index in [2.05, 4.69) is 24.5 Å². The molecule has 0 aliphatic rings. The number of rotatable bonds is 7. The van der Waals surface area contributed by atoms with Crippen LogP contribution in [0.1, 0.15) is 30.9 Å². The van der Waals surface area contributed by atoms with Gasteiger partial charge in [-0.05, 0) is 41.7 Å². The molecule has 2 aromatic rings. The Balaban J connectivity index is 1.89. The number of para-hydroxylation sites is 1. The van der Waals surface area contributed by atoms with E-state index in [4.69, 9.17) is 9.47 Å². The van der Waals surface area contributed by atoms with Gasteiger partial charge in [-0.25, -0.2) is 4.79 Å². The van der Waals surface area contributed by atoms with Gasteiger partial charge >= 0.3 is 6.03 Å². The highest BCUT2D eigenvalue weighted by Crippen LogP contribution is 2.27. The van der Waals surface area contributed by atoms with E-state index in [9.17, 15) is 4.79 Å². The fourth-order valence-electron chi connectivity index (χ4n) is 2.64. The van der Waals surface area contributed by atoms with Crippen LogP contribution in [-0.4, -0.2) is 26.8 Å². The third-order valence-electron chi connectivity index (χ3n) is 3.98. The molecule has 0 atom stereocenters. The lowest BCUT2D eigenvalue weighted by molar-refractivity contribution is 0.252. The van der Waals surface area contributed by atoms with E-state index in [-0.39, 0.29) is 6.03 Å². The first-order chi connectivity index (χ1) is 12.0. The van der Waals surface area contributed by atoms with Gasteiger partial charge in [-0.1, -0.05) is 38.1 Å². The summed E-state index contributed by atoms with van der Waals surface area (Å²) in [5.41, 5.74) is 3.04. The van der Waals surface area contributed by atoms with E-state index in [1.54, 1.807) is 14.2 Å². The number of amides is 2. The normalized spacial score (nSPS) is 10.4. The monoisotopic (exact) mass is 342 g/mol. The van der Waals surface area contributed by atoms with Crippen molar-refractivity contribution in [1.82, 2.24) is 5.32 Å². The second-order valence-electron chi connectivity index (χ2n) is 6.06. The Morgan fingerprint density at radius 1 is 1.04 bits per heavy atom. The number of ether oxygens (including phenoxy) is 2. The standard InChI is InChI=1S/C20H26N2O3/c1-14(2)16-7-5-6-8-17(16)22-20(23)21-12-11-15-9-10-18(24-3)19(13-15)25-4/h5-10,13-14H,11-12H2,1-4H3,(H2,21,22,23). The van der Waals surface area contributed by atoms with Gasteiger partial charge in [-0.3, -0.25) is 0 Å². The summed E-state index contributed by atoms with van der Waals surface area (Å²) in [6.07, 6.45) is 0.708. The summed E-state index contributed by atoms with van der Waals surface area (Å²) in [6.45, 7) is 4.75. The van der Waals surface area contributed by atoms with Crippen LogP contribution in [0.5, 0.6) is 11.5 Å². The first-order valence-electron chi connectivity index (χ1n) is 8.39. The molecular weight excluding hydrogens is 316 g/mol. The maximum absolute atomic E-state index is 12.1. The minimum atomic E-state index is -0.200. The van der Waals surface area contributed by atoms with Crippen LogP contribution in [0.4, 0.5) is 10.5 Å². The minimum absolute atomic E-state index is 0.200. The summed E-state index contributed by atoms with van der Waals surface area (Å²) in [7, 11) is 3.22. The Morgan fingerprint density at radius 3 is 2.44 bits per heavy atom. The summed E-state index contributed by atoms with van der Waals surface area (Å²) in [5.74, 6) is 1.74. The van der Waals surface area contributed by atoms with Gasteiger partial charge in [-0.15, -0.1) is 0 Å². The molecule has 0 saturated heterocycles. The third kappa shape index (κ3) is 5.14. The predicted octanol–water partition coefficient (Wildman–Crippen LogP) is 4.19. The van der Waals surface area contributed by atoms with Crippen LogP contribution in [0.15, 0.2) is 42.5 Å². The van der Waals surface area contributed by atoms with Gasteiger partial charge in [0.25, 0.3) is 0 Å². The first kappa shape index (κ1) is 18.6. The van der Waals surface area contributed by atoms with Crippen molar-refractivity contribution >= 4 is 11.7 Å². The molecule has 2 N–H and O–H groups in total. The number of methoxy groups -OCH3 is 2. The van der Waals surface area contributed by atoms with Crippen LogP contribution in [-0.2, 0) is 6.42 Å². The molecule has 2 rings (SSSR count). The fraction of sp³-hybridized carbons (Fsp3) is 0.350. The second-order valence-corrected chi connectivity index (χ2v) is 6.06. The van der Waals surface area contributed by atoms with Crippen molar-refractivity contribution in [2.24, 2.45) is 0 Å². The van der Waals surface area contributed by atoms with E-state index < -0.39 is 0 Å². The molecule has 0 bridgehead atoms. The lowest BCUT2D eigenvalue weighted by atomic mass is 10.0. The number of benzene rings is 2. The van der Waals surface area contributed by atoms with Gasteiger partial charge in [0, 0.05) is 12.2 Å². The summed E-state index contributed by atoms with van der Waals surface area (Å²) in [4.78, 5) is 12.1. The van der Waals surface area contributed by atoms with E-state index in [1.807, 2.05) is 42.5 Å². The molecule has 0 fully saturated rings. The number of anilines is 1. The summed E-state index contributed by atoms with van der Waals surface area (Å²) < 4.78 is 10.5. The van der Waals surface area contributed by atoms with Crippen molar-refractivity contribution in [3.8, 4) is 11.5 Å². The van der Waals surface area contributed by atoms with Crippen LogP contribution < -0.4 is 20.1 Å². The molecule has 0 heterocycles. The highest BCUT2D eigenvalue weighted by molar-refractivity contribution is 5.90. The van der Waals surface area contributed by atoms with Crippen molar-refractivity contribution in [3.05, 3.63) is 53.6 Å². The molecular formula is C20H26N2O3. The van der Waals surface area contributed by atoms with Gasteiger partial charge in [0.15, 0.2) is 11.5 Å². The average Bonchev–Trinajstić information content (AvgIpc) is 2.61. The molecule has 0 aromatic heterocycles. The Morgan fingerprint density at radius 2 is 1.76 bits per heavy atom. The van der Waals surface area contributed by atoms with Crippen LogP contribution in [0.3, 0.4) is 0 Å². The van der Waals surface area contributed by atoms with Gasteiger partial charge in [0.05, 0.1) is 14.2 Å². The summed E-state index contributed by atoms with van der Waals surface area (Å²) >= 11 is 0. The van der Waals surface area contributed by atoms with Crippen molar-refractivity contribution < 1.29 is 14.3 Å². The molecule has 134 valence electrons. The van der Waals surface area contributed by atoms with Crippen molar-refractivity contribution in [2.75, 3.05) is 26.1 Å². The van der Waals surface area contributed by atoms with Crippen molar-refractivity contribution in [2.45, 2.75) is 26.2 Å². The zero-order chi connectivity index (χ0) is 18.2. The van der Waals surface area contributed by atoms with Crippen molar-refractivity contribution in [3.63, 3.8) is 0 Å². The van der Waals surface area contributed by atoms with E-state index in [1.165, 1.54) is 0 Å². The Hall–Kier alpha value is -2.69. The second kappa shape index (κ2) is 8.97. The number of carbonyl (C=O) groups is 1. The molecule has 0 unspecified atom stereocenters. The predicted molar refractivity (Wildman–Crippen MR) is 101 cm³/mol. The number of nitrogens with one attached hydrogen (secondary N) is 2. The molecule has 0 saturated carbocycles. The molecule has 0 spiro atoms. The topological polar surface area (TPSA) is 59.6 Å². The smallest absolute Gasteiger partial charge is 0.319 e. The van der Waals surface area contributed by atoms with E-state index in [0.717, 1.165) is 16.8 Å². The number of urea groups is 1.